The lowest BCUT2D eigenvalue weighted by Gasteiger charge is -2.21. The van der Waals surface area contributed by atoms with Crippen molar-refractivity contribution in [1.29, 1.82) is 0 Å². The molecular formula is C23H27N3O2S. The van der Waals surface area contributed by atoms with E-state index in [4.69, 9.17) is 4.98 Å². The maximum Gasteiger partial charge on any atom is 0.266 e. The van der Waals surface area contributed by atoms with E-state index in [9.17, 15) is 9.59 Å². The van der Waals surface area contributed by atoms with Gasteiger partial charge in [-0.3, -0.25) is 14.2 Å². The summed E-state index contributed by atoms with van der Waals surface area (Å²) in [5.41, 5.74) is 2.32. The summed E-state index contributed by atoms with van der Waals surface area (Å²) in [6, 6.07) is 15.1. The van der Waals surface area contributed by atoms with Crippen molar-refractivity contribution >= 4 is 28.6 Å². The third-order valence-corrected chi connectivity index (χ3v) is 5.69. The van der Waals surface area contributed by atoms with Crippen molar-refractivity contribution in [3.8, 4) is 5.69 Å². The molecule has 0 saturated carbocycles. The zero-order chi connectivity index (χ0) is 20.8. The fourth-order valence-corrected chi connectivity index (χ4v) is 4.26. The number of aromatic nitrogens is 2. The fraction of sp³-hybridized carbons (Fsp3) is 0.348. The average Bonchev–Trinajstić information content (AvgIpc) is 2.73. The molecule has 0 aliphatic heterocycles. The monoisotopic (exact) mass is 409 g/mol. The van der Waals surface area contributed by atoms with E-state index < -0.39 is 0 Å². The van der Waals surface area contributed by atoms with Gasteiger partial charge >= 0.3 is 0 Å². The van der Waals surface area contributed by atoms with Gasteiger partial charge < -0.3 is 4.90 Å². The van der Waals surface area contributed by atoms with Gasteiger partial charge in [-0.1, -0.05) is 55.9 Å². The lowest BCUT2D eigenvalue weighted by atomic mass is 10.2. The molecule has 0 saturated heterocycles. The lowest BCUT2D eigenvalue weighted by Crippen LogP contribution is -2.34. The summed E-state index contributed by atoms with van der Waals surface area (Å²) in [6.45, 7) is 7.63. The van der Waals surface area contributed by atoms with Crippen molar-refractivity contribution in [2.45, 2.75) is 38.8 Å². The van der Waals surface area contributed by atoms with Gasteiger partial charge in [-0.05, 0) is 43.5 Å². The Balaban J connectivity index is 2.02. The number of rotatable bonds is 8. The third kappa shape index (κ3) is 4.70. The summed E-state index contributed by atoms with van der Waals surface area (Å²) in [4.78, 5) is 32.7. The molecule has 1 heterocycles. The number of benzene rings is 2. The Morgan fingerprint density at radius 2 is 1.69 bits per heavy atom. The van der Waals surface area contributed by atoms with Crippen molar-refractivity contribution in [1.82, 2.24) is 14.5 Å². The number of aryl methyl sites for hydroxylation is 1. The largest absolute Gasteiger partial charge is 0.342 e. The molecule has 0 bridgehead atoms. The van der Waals surface area contributed by atoms with Gasteiger partial charge in [0.1, 0.15) is 0 Å². The molecule has 29 heavy (non-hydrogen) atoms. The highest BCUT2D eigenvalue weighted by Crippen LogP contribution is 2.23. The van der Waals surface area contributed by atoms with Gasteiger partial charge in [0.2, 0.25) is 5.91 Å². The van der Waals surface area contributed by atoms with Gasteiger partial charge in [0.25, 0.3) is 5.56 Å². The van der Waals surface area contributed by atoms with E-state index in [1.807, 2.05) is 54.3 Å². The molecule has 0 aliphatic rings. The van der Waals surface area contributed by atoms with Crippen LogP contribution in [0.2, 0.25) is 0 Å². The molecule has 2 aromatic carbocycles. The maximum absolute atomic E-state index is 13.3. The van der Waals surface area contributed by atoms with E-state index in [1.165, 1.54) is 11.8 Å². The Morgan fingerprint density at radius 1 is 1.03 bits per heavy atom. The van der Waals surface area contributed by atoms with E-state index >= 15 is 0 Å². The predicted molar refractivity (Wildman–Crippen MR) is 120 cm³/mol. The van der Waals surface area contributed by atoms with Crippen molar-refractivity contribution in [2.75, 3.05) is 18.8 Å². The molecule has 0 spiro atoms. The first-order chi connectivity index (χ1) is 14.1. The van der Waals surface area contributed by atoms with Crippen LogP contribution in [-0.2, 0) is 4.79 Å². The van der Waals surface area contributed by atoms with Crippen molar-refractivity contribution in [3.63, 3.8) is 0 Å². The van der Waals surface area contributed by atoms with Crippen LogP contribution in [0.25, 0.3) is 16.6 Å². The van der Waals surface area contributed by atoms with Crippen LogP contribution in [0.5, 0.6) is 0 Å². The normalized spacial score (nSPS) is 11.0. The van der Waals surface area contributed by atoms with Crippen LogP contribution in [-0.4, -0.2) is 39.2 Å². The zero-order valence-electron chi connectivity index (χ0n) is 17.2. The maximum atomic E-state index is 13.3. The number of nitrogens with zero attached hydrogens (tertiary/aromatic N) is 3. The lowest BCUT2D eigenvalue weighted by molar-refractivity contribution is -0.128. The minimum absolute atomic E-state index is 0.0810. The highest BCUT2D eigenvalue weighted by Gasteiger charge is 2.18. The number of para-hydroxylation sites is 2. The Bertz CT molecular complexity index is 1060. The molecule has 1 amide bonds. The number of hydrogen-bond acceptors (Lipinski definition) is 4. The van der Waals surface area contributed by atoms with Gasteiger partial charge in [0.05, 0.1) is 22.3 Å². The molecule has 0 aliphatic carbocycles. The van der Waals surface area contributed by atoms with E-state index in [0.717, 1.165) is 37.2 Å². The fourth-order valence-electron chi connectivity index (χ4n) is 3.35. The molecule has 0 atom stereocenters. The van der Waals surface area contributed by atoms with E-state index in [0.29, 0.717) is 16.1 Å². The van der Waals surface area contributed by atoms with Gasteiger partial charge in [-0.25, -0.2) is 4.98 Å². The summed E-state index contributed by atoms with van der Waals surface area (Å²) >= 11 is 1.33. The molecule has 0 radical (unpaired) electrons. The van der Waals surface area contributed by atoms with Gasteiger partial charge in [-0.2, -0.15) is 0 Å². The summed E-state index contributed by atoms with van der Waals surface area (Å²) in [5, 5.41) is 1.12. The van der Waals surface area contributed by atoms with Crippen molar-refractivity contribution in [3.05, 3.63) is 64.4 Å². The topological polar surface area (TPSA) is 55.2 Å². The summed E-state index contributed by atoms with van der Waals surface area (Å²) in [6.07, 6.45) is 1.86. The molecule has 3 rings (SSSR count). The van der Waals surface area contributed by atoms with Crippen LogP contribution < -0.4 is 5.56 Å². The van der Waals surface area contributed by atoms with Gasteiger partial charge in [0, 0.05) is 13.1 Å². The Hall–Kier alpha value is -2.60. The first-order valence-corrected chi connectivity index (χ1v) is 11.0. The molecule has 3 aromatic rings. The first kappa shape index (κ1) is 21.1. The predicted octanol–water partition coefficient (Wildman–Crippen LogP) is 4.43. The standard InChI is InChI=1S/C23H27N3O2S/c1-4-14-25(15-5-2)21(27)16-29-23-24-19-12-8-7-11-18(19)22(28)26(23)20-13-9-6-10-17(20)3/h6-13H,4-5,14-16H2,1-3H3. The molecule has 152 valence electrons. The second-order valence-corrected chi connectivity index (χ2v) is 7.95. The Labute approximate surface area is 175 Å². The molecule has 6 heteroatoms. The highest BCUT2D eigenvalue weighted by atomic mass is 32.2. The van der Waals surface area contributed by atoms with Crippen LogP contribution in [0.4, 0.5) is 0 Å². The second kappa shape index (κ2) is 9.74. The van der Waals surface area contributed by atoms with Crippen LogP contribution >= 0.6 is 11.8 Å². The number of carbonyl (C=O) groups is 1. The number of carbonyl (C=O) groups excluding carboxylic acids is 1. The smallest absolute Gasteiger partial charge is 0.266 e. The summed E-state index contributed by atoms with van der Waals surface area (Å²) in [7, 11) is 0. The minimum atomic E-state index is -0.112. The first-order valence-electron chi connectivity index (χ1n) is 10.0. The molecule has 0 N–H and O–H groups in total. The molecule has 0 fully saturated rings. The number of fused-ring (bicyclic) bond motifs is 1. The highest BCUT2D eigenvalue weighted by molar-refractivity contribution is 7.99. The Kier molecular flexibility index (Phi) is 7.09. The SMILES string of the molecule is CCCN(CCC)C(=O)CSc1nc2ccccc2c(=O)n1-c1ccccc1C. The number of hydrogen-bond donors (Lipinski definition) is 0. The molecular weight excluding hydrogens is 382 g/mol. The van der Waals surface area contributed by atoms with Crippen molar-refractivity contribution in [2.24, 2.45) is 0 Å². The summed E-state index contributed by atoms with van der Waals surface area (Å²) in [5.74, 6) is 0.342. The van der Waals surface area contributed by atoms with Crippen LogP contribution in [0.1, 0.15) is 32.3 Å². The molecule has 5 nitrogen and oxygen atoms in total. The summed E-state index contributed by atoms with van der Waals surface area (Å²) < 4.78 is 1.64. The number of amides is 1. The minimum Gasteiger partial charge on any atom is -0.342 e. The van der Waals surface area contributed by atoms with Crippen LogP contribution in [0.15, 0.2) is 58.5 Å². The van der Waals surface area contributed by atoms with Gasteiger partial charge in [0.15, 0.2) is 5.16 Å². The van der Waals surface area contributed by atoms with Crippen molar-refractivity contribution < 1.29 is 4.79 Å². The average molecular weight is 410 g/mol. The molecule has 0 unspecified atom stereocenters. The number of thioether (sulfide) groups is 1. The third-order valence-electron chi connectivity index (χ3n) is 4.77. The Morgan fingerprint density at radius 3 is 2.38 bits per heavy atom. The quantitative estimate of drug-likeness (QED) is 0.408. The van der Waals surface area contributed by atoms with E-state index in [-0.39, 0.29) is 17.2 Å². The van der Waals surface area contributed by atoms with Crippen LogP contribution in [0, 0.1) is 6.92 Å². The van der Waals surface area contributed by atoms with Crippen LogP contribution in [0.3, 0.4) is 0 Å². The van der Waals surface area contributed by atoms with Gasteiger partial charge in [-0.15, -0.1) is 0 Å². The van der Waals surface area contributed by atoms with E-state index in [1.54, 1.807) is 10.6 Å². The second-order valence-electron chi connectivity index (χ2n) is 7.01. The van der Waals surface area contributed by atoms with E-state index in [2.05, 4.69) is 13.8 Å². The molecule has 1 aromatic heterocycles. The zero-order valence-corrected chi connectivity index (χ0v) is 18.0.